The van der Waals surface area contributed by atoms with E-state index in [1.165, 1.54) is 0 Å². The normalized spacial score (nSPS) is 11.7. The molecule has 0 aliphatic rings. The highest BCUT2D eigenvalue weighted by molar-refractivity contribution is 5.85. The molecule has 0 radical (unpaired) electrons. The highest BCUT2D eigenvalue weighted by atomic mass is 35.5. The van der Waals surface area contributed by atoms with E-state index < -0.39 is 23.6 Å². The SMILES string of the molecule is Cl.N[C@@H](CC(=O)O)c1ccc(F)cc1F. The molecule has 3 nitrogen and oxygen atoms in total. The number of nitrogens with two attached hydrogens (primary N) is 1. The number of carboxylic acids is 1. The maximum absolute atomic E-state index is 13.0. The Morgan fingerprint density at radius 1 is 1.47 bits per heavy atom. The zero-order chi connectivity index (χ0) is 10.7. The van der Waals surface area contributed by atoms with E-state index in [0.29, 0.717) is 6.07 Å². The van der Waals surface area contributed by atoms with E-state index >= 15 is 0 Å². The Labute approximate surface area is 91.3 Å². The van der Waals surface area contributed by atoms with Crippen molar-refractivity contribution in [2.75, 3.05) is 0 Å². The number of aliphatic carboxylic acids is 1. The maximum Gasteiger partial charge on any atom is 0.305 e. The first kappa shape index (κ1) is 13.8. The summed E-state index contributed by atoms with van der Waals surface area (Å²) >= 11 is 0. The van der Waals surface area contributed by atoms with Crippen LogP contribution >= 0.6 is 12.4 Å². The highest BCUT2D eigenvalue weighted by Gasteiger charge is 2.14. The molecule has 0 bridgehead atoms. The molecule has 0 amide bonds. The number of halogens is 3. The Morgan fingerprint density at radius 2 is 2.07 bits per heavy atom. The summed E-state index contributed by atoms with van der Waals surface area (Å²) in [5, 5.41) is 8.41. The van der Waals surface area contributed by atoms with Gasteiger partial charge in [-0.3, -0.25) is 4.79 Å². The first-order valence-electron chi connectivity index (χ1n) is 3.93. The van der Waals surface area contributed by atoms with Crippen molar-refractivity contribution in [2.24, 2.45) is 5.73 Å². The molecule has 1 aromatic rings. The van der Waals surface area contributed by atoms with Crippen molar-refractivity contribution in [3.05, 3.63) is 35.4 Å². The minimum Gasteiger partial charge on any atom is -0.481 e. The van der Waals surface area contributed by atoms with E-state index in [4.69, 9.17) is 10.8 Å². The van der Waals surface area contributed by atoms with Crippen molar-refractivity contribution in [1.29, 1.82) is 0 Å². The van der Waals surface area contributed by atoms with E-state index in [1.807, 2.05) is 0 Å². The number of carbonyl (C=O) groups is 1. The molecule has 15 heavy (non-hydrogen) atoms. The van der Waals surface area contributed by atoms with Gasteiger partial charge in [-0.1, -0.05) is 6.07 Å². The Kier molecular flexibility index (Phi) is 5.18. The molecule has 3 N–H and O–H groups in total. The molecular weight excluding hydrogens is 228 g/mol. The molecule has 1 rings (SSSR count). The van der Waals surface area contributed by atoms with Gasteiger partial charge >= 0.3 is 5.97 Å². The Bertz CT molecular complexity index is 360. The number of hydrogen-bond acceptors (Lipinski definition) is 2. The summed E-state index contributed by atoms with van der Waals surface area (Å²) in [4.78, 5) is 10.3. The van der Waals surface area contributed by atoms with Gasteiger partial charge in [0.25, 0.3) is 0 Å². The van der Waals surface area contributed by atoms with E-state index in [0.717, 1.165) is 12.1 Å². The van der Waals surface area contributed by atoms with Crippen molar-refractivity contribution >= 4 is 18.4 Å². The molecule has 0 saturated carbocycles. The average molecular weight is 238 g/mol. The second-order valence-electron chi connectivity index (χ2n) is 2.87. The standard InChI is InChI=1S/C9H9F2NO2.ClH/c10-5-1-2-6(7(11)3-5)8(12)4-9(13)14;/h1-3,8H,4,12H2,(H,13,14);1H/t8-;/m0./s1. The van der Waals surface area contributed by atoms with Crippen LogP contribution in [0.5, 0.6) is 0 Å². The van der Waals surface area contributed by atoms with Gasteiger partial charge in [-0.25, -0.2) is 8.78 Å². The predicted octanol–water partition coefficient (Wildman–Crippen LogP) is 1.86. The van der Waals surface area contributed by atoms with Crippen LogP contribution in [0.15, 0.2) is 18.2 Å². The lowest BCUT2D eigenvalue weighted by Gasteiger charge is -2.09. The molecule has 0 heterocycles. The molecule has 0 fully saturated rings. The third-order valence-electron chi connectivity index (χ3n) is 1.76. The number of carboxylic acid groups (broad SMARTS) is 1. The minimum absolute atomic E-state index is 0. The molecular formula is C9H10ClF2NO2. The third kappa shape index (κ3) is 3.81. The third-order valence-corrected chi connectivity index (χ3v) is 1.76. The Morgan fingerprint density at radius 3 is 2.53 bits per heavy atom. The molecule has 1 atom stereocenters. The summed E-state index contributed by atoms with van der Waals surface area (Å²) in [7, 11) is 0. The van der Waals surface area contributed by atoms with Crippen LogP contribution in [0.3, 0.4) is 0 Å². The van der Waals surface area contributed by atoms with Gasteiger partial charge in [0.1, 0.15) is 11.6 Å². The fourth-order valence-electron chi connectivity index (χ4n) is 1.10. The van der Waals surface area contributed by atoms with Crippen LogP contribution in [0.1, 0.15) is 18.0 Å². The maximum atomic E-state index is 13.0. The number of benzene rings is 1. The van der Waals surface area contributed by atoms with Gasteiger partial charge in [-0.15, -0.1) is 12.4 Å². The molecule has 6 heteroatoms. The van der Waals surface area contributed by atoms with Crippen molar-refractivity contribution in [1.82, 2.24) is 0 Å². The van der Waals surface area contributed by atoms with Crippen molar-refractivity contribution in [3.8, 4) is 0 Å². The fourth-order valence-corrected chi connectivity index (χ4v) is 1.10. The molecule has 0 unspecified atom stereocenters. The molecule has 0 aliphatic heterocycles. The van der Waals surface area contributed by atoms with E-state index in [2.05, 4.69) is 0 Å². The van der Waals surface area contributed by atoms with Gasteiger partial charge in [0.05, 0.1) is 6.42 Å². The minimum atomic E-state index is -1.12. The summed E-state index contributed by atoms with van der Waals surface area (Å²) in [5.41, 5.74) is 5.41. The molecule has 0 aliphatic carbocycles. The van der Waals surface area contributed by atoms with Crippen LogP contribution in [0.4, 0.5) is 8.78 Å². The monoisotopic (exact) mass is 237 g/mol. The lowest BCUT2D eigenvalue weighted by molar-refractivity contribution is -0.137. The second-order valence-corrected chi connectivity index (χ2v) is 2.87. The molecule has 1 aromatic carbocycles. The van der Waals surface area contributed by atoms with Gasteiger partial charge in [0.2, 0.25) is 0 Å². The largest absolute Gasteiger partial charge is 0.481 e. The van der Waals surface area contributed by atoms with Gasteiger partial charge in [-0.05, 0) is 6.07 Å². The lowest BCUT2D eigenvalue weighted by atomic mass is 10.0. The van der Waals surface area contributed by atoms with Gasteiger partial charge in [-0.2, -0.15) is 0 Å². The first-order chi connectivity index (χ1) is 6.50. The fraction of sp³-hybridized carbons (Fsp3) is 0.222. The Balaban J connectivity index is 0.00000196. The summed E-state index contributed by atoms with van der Waals surface area (Å²) < 4.78 is 25.5. The predicted molar refractivity (Wildman–Crippen MR) is 52.8 cm³/mol. The molecule has 84 valence electrons. The van der Waals surface area contributed by atoms with Crippen LogP contribution in [-0.2, 0) is 4.79 Å². The van der Waals surface area contributed by atoms with Crippen LogP contribution in [0.25, 0.3) is 0 Å². The quantitative estimate of drug-likeness (QED) is 0.844. The first-order valence-corrected chi connectivity index (χ1v) is 3.93. The summed E-state index contributed by atoms with van der Waals surface area (Å²) in [6, 6.07) is 1.92. The van der Waals surface area contributed by atoms with Gasteiger partial charge < -0.3 is 10.8 Å². The van der Waals surface area contributed by atoms with Crippen LogP contribution in [0, 0.1) is 11.6 Å². The number of hydrogen-bond donors (Lipinski definition) is 2. The highest BCUT2D eigenvalue weighted by Crippen LogP contribution is 2.18. The van der Waals surface area contributed by atoms with E-state index in [9.17, 15) is 13.6 Å². The second kappa shape index (κ2) is 5.63. The molecule has 0 spiro atoms. The van der Waals surface area contributed by atoms with Crippen LogP contribution < -0.4 is 5.73 Å². The lowest BCUT2D eigenvalue weighted by Crippen LogP contribution is -2.16. The average Bonchev–Trinajstić information content (AvgIpc) is 2.01. The molecule has 0 saturated heterocycles. The Hall–Kier alpha value is -1.20. The number of rotatable bonds is 3. The van der Waals surface area contributed by atoms with E-state index in [-0.39, 0.29) is 24.4 Å². The van der Waals surface area contributed by atoms with Gasteiger partial charge in [0.15, 0.2) is 0 Å². The van der Waals surface area contributed by atoms with Gasteiger partial charge in [0, 0.05) is 17.7 Å². The van der Waals surface area contributed by atoms with Crippen molar-refractivity contribution in [3.63, 3.8) is 0 Å². The summed E-state index contributed by atoms with van der Waals surface area (Å²) in [6.45, 7) is 0. The smallest absolute Gasteiger partial charge is 0.305 e. The van der Waals surface area contributed by atoms with E-state index in [1.54, 1.807) is 0 Å². The van der Waals surface area contributed by atoms with Crippen LogP contribution in [0.2, 0.25) is 0 Å². The molecule has 0 aromatic heterocycles. The summed E-state index contributed by atoms with van der Waals surface area (Å²) in [5.74, 6) is -2.66. The zero-order valence-electron chi connectivity index (χ0n) is 7.61. The van der Waals surface area contributed by atoms with Crippen molar-refractivity contribution in [2.45, 2.75) is 12.5 Å². The zero-order valence-corrected chi connectivity index (χ0v) is 8.43. The van der Waals surface area contributed by atoms with Crippen LogP contribution in [-0.4, -0.2) is 11.1 Å². The summed E-state index contributed by atoms with van der Waals surface area (Å²) in [6.07, 6.45) is -0.386. The topological polar surface area (TPSA) is 63.3 Å². The van der Waals surface area contributed by atoms with Crippen molar-refractivity contribution < 1.29 is 18.7 Å².